The molecule has 1 rings (SSSR count). The van der Waals surface area contributed by atoms with E-state index in [-0.39, 0.29) is 11.9 Å². The lowest BCUT2D eigenvalue weighted by molar-refractivity contribution is -0.126. The van der Waals surface area contributed by atoms with E-state index in [1.165, 1.54) is 19.3 Å². The minimum atomic E-state index is -0.0264. The van der Waals surface area contributed by atoms with Crippen molar-refractivity contribution in [3.8, 4) is 0 Å². The van der Waals surface area contributed by atoms with Crippen LogP contribution in [0.15, 0.2) is 0 Å². The van der Waals surface area contributed by atoms with Gasteiger partial charge in [-0.25, -0.2) is 0 Å². The summed E-state index contributed by atoms with van der Waals surface area (Å²) in [6.07, 6.45) is 4.52. The second-order valence-electron chi connectivity index (χ2n) is 6.02. The van der Waals surface area contributed by atoms with Crippen molar-refractivity contribution in [2.24, 2.45) is 5.92 Å². The molecule has 0 aromatic rings. The number of carbonyl (C=O) groups excluding carboxylic acids is 1. The first kappa shape index (κ1) is 18.4. The third-order valence-corrected chi connectivity index (χ3v) is 4.16. The molecule has 1 aliphatic heterocycles. The van der Waals surface area contributed by atoms with Crippen molar-refractivity contribution in [2.75, 3.05) is 46.4 Å². The number of hydrogen-bond acceptors (Lipinski definition) is 4. The fourth-order valence-corrected chi connectivity index (χ4v) is 2.84. The van der Waals surface area contributed by atoms with Crippen LogP contribution in [0.25, 0.3) is 0 Å². The van der Waals surface area contributed by atoms with Gasteiger partial charge in [-0.1, -0.05) is 6.92 Å². The van der Waals surface area contributed by atoms with Gasteiger partial charge in [-0.2, -0.15) is 0 Å². The van der Waals surface area contributed by atoms with E-state index in [2.05, 4.69) is 22.5 Å². The second kappa shape index (κ2) is 11.0. The maximum absolute atomic E-state index is 12.2. The summed E-state index contributed by atoms with van der Waals surface area (Å²) in [4.78, 5) is 14.5. The van der Waals surface area contributed by atoms with Gasteiger partial charge in [0.05, 0.1) is 6.04 Å². The third-order valence-electron chi connectivity index (χ3n) is 4.16. The minimum absolute atomic E-state index is 0.0264. The molecule has 0 radical (unpaired) electrons. The Morgan fingerprint density at radius 3 is 2.95 bits per heavy atom. The maximum Gasteiger partial charge on any atom is 0.237 e. The first-order valence-electron chi connectivity index (χ1n) is 8.40. The van der Waals surface area contributed by atoms with E-state index in [4.69, 9.17) is 4.74 Å². The van der Waals surface area contributed by atoms with Crippen LogP contribution in [0.3, 0.4) is 0 Å². The van der Waals surface area contributed by atoms with Crippen LogP contribution in [0.2, 0.25) is 0 Å². The number of carbonyl (C=O) groups is 1. The summed E-state index contributed by atoms with van der Waals surface area (Å²) in [6.45, 7) is 9.85. The number of nitrogens with zero attached hydrogens (tertiary/aromatic N) is 1. The number of hydrogen-bond donors (Lipinski definition) is 2. The molecule has 0 spiro atoms. The van der Waals surface area contributed by atoms with E-state index in [0.717, 1.165) is 32.6 Å². The smallest absolute Gasteiger partial charge is 0.237 e. The van der Waals surface area contributed by atoms with Crippen LogP contribution in [-0.4, -0.2) is 63.3 Å². The molecule has 21 heavy (non-hydrogen) atoms. The summed E-state index contributed by atoms with van der Waals surface area (Å²) in [5.41, 5.74) is 0. The zero-order valence-corrected chi connectivity index (χ0v) is 14.0. The molecule has 124 valence electrons. The fourth-order valence-electron chi connectivity index (χ4n) is 2.84. The van der Waals surface area contributed by atoms with Crippen LogP contribution < -0.4 is 10.6 Å². The van der Waals surface area contributed by atoms with Gasteiger partial charge in [0.25, 0.3) is 0 Å². The molecule has 1 heterocycles. The normalized spacial score (nSPS) is 21.2. The average molecular weight is 299 g/mol. The predicted molar refractivity (Wildman–Crippen MR) is 86.4 cm³/mol. The van der Waals surface area contributed by atoms with E-state index in [1.54, 1.807) is 7.11 Å². The highest BCUT2D eigenvalue weighted by Gasteiger charge is 2.26. The lowest BCUT2D eigenvalue weighted by Crippen LogP contribution is -2.50. The molecule has 0 bridgehead atoms. The third kappa shape index (κ3) is 7.25. The molecule has 0 aromatic heterocycles. The van der Waals surface area contributed by atoms with Crippen LogP contribution in [0.5, 0.6) is 0 Å². The number of methoxy groups -OCH3 is 1. The molecule has 5 heteroatoms. The Labute approximate surface area is 129 Å². The second-order valence-corrected chi connectivity index (χ2v) is 6.02. The van der Waals surface area contributed by atoms with Gasteiger partial charge >= 0.3 is 0 Å². The molecular weight excluding hydrogens is 266 g/mol. The molecule has 2 unspecified atom stereocenters. The summed E-state index contributed by atoms with van der Waals surface area (Å²) in [6, 6.07) is -0.0264. The van der Waals surface area contributed by atoms with Gasteiger partial charge in [0.15, 0.2) is 0 Å². The lowest BCUT2D eigenvalue weighted by Gasteiger charge is -2.36. The standard InChI is InChI=1S/C16H33N3O2/c1-4-8-17-12-15-7-5-10-19(13-15)14(2)16(20)18-9-6-11-21-3/h14-15,17H,4-13H2,1-3H3,(H,18,20). The molecule has 5 nitrogen and oxygen atoms in total. The Balaban J connectivity index is 2.28. The number of piperidine rings is 1. The molecule has 2 N–H and O–H groups in total. The number of nitrogens with one attached hydrogen (secondary N) is 2. The summed E-state index contributed by atoms with van der Waals surface area (Å²) in [7, 11) is 1.69. The van der Waals surface area contributed by atoms with E-state index < -0.39 is 0 Å². The van der Waals surface area contributed by atoms with E-state index in [9.17, 15) is 4.79 Å². The van der Waals surface area contributed by atoms with Crippen LogP contribution in [0.4, 0.5) is 0 Å². The molecule has 1 aliphatic rings. The number of amides is 1. The quantitative estimate of drug-likeness (QED) is 0.596. The Hall–Kier alpha value is -0.650. The summed E-state index contributed by atoms with van der Waals surface area (Å²) in [5.74, 6) is 0.822. The van der Waals surface area contributed by atoms with Crippen molar-refractivity contribution in [3.63, 3.8) is 0 Å². The van der Waals surface area contributed by atoms with Gasteiger partial charge in [0.1, 0.15) is 0 Å². The van der Waals surface area contributed by atoms with Crippen molar-refractivity contribution < 1.29 is 9.53 Å². The van der Waals surface area contributed by atoms with Crippen molar-refractivity contribution in [3.05, 3.63) is 0 Å². The minimum Gasteiger partial charge on any atom is -0.385 e. The highest BCUT2D eigenvalue weighted by atomic mass is 16.5. The Morgan fingerprint density at radius 2 is 2.24 bits per heavy atom. The Bertz CT molecular complexity index is 287. The van der Waals surface area contributed by atoms with E-state index >= 15 is 0 Å². The first-order chi connectivity index (χ1) is 10.2. The van der Waals surface area contributed by atoms with Gasteiger partial charge in [0, 0.05) is 26.8 Å². The molecule has 0 saturated carbocycles. The first-order valence-corrected chi connectivity index (χ1v) is 8.40. The van der Waals surface area contributed by atoms with Crippen LogP contribution in [0.1, 0.15) is 39.5 Å². The van der Waals surface area contributed by atoms with Crippen LogP contribution in [0, 0.1) is 5.92 Å². The number of rotatable bonds is 10. The van der Waals surface area contributed by atoms with Crippen molar-refractivity contribution >= 4 is 5.91 Å². The molecule has 1 fully saturated rings. The average Bonchev–Trinajstić information content (AvgIpc) is 2.51. The molecule has 1 saturated heterocycles. The van der Waals surface area contributed by atoms with Gasteiger partial charge in [-0.3, -0.25) is 9.69 Å². The van der Waals surface area contributed by atoms with Gasteiger partial charge < -0.3 is 15.4 Å². The monoisotopic (exact) mass is 299 g/mol. The predicted octanol–water partition coefficient (Wildman–Crippen LogP) is 1.24. The van der Waals surface area contributed by atoms with Gasteiger partial charge in [-0.15, -0.1) is 0 Å². The Morgan fingerprint density at radius 1 is 1.43 bits per heavy atom. The summed E-state index contributed by atoms with van der Waals surface area (Å²) < 4.78 is 4.99. The summed E-state index contributed by atoms with van der Waals surface area (Å²) in [5, 5.41) is 6.51. The van der Waals surface area contributed by atoms with E-state index in [1.807, 2.05) is 6.92 Å². The lowest BCUT2D eigenvalue weighted by atomic mass is 9.96. The molecule has 0 aromatic carbocycles. The van der Waals surface area contributed by atoms with Crippen molar-refractivity contribution in [1.82, 2.24) is 15.5 Å². The summed E-state index contributed by atoms with van der Waals surface area (Å²) >= 11 is 0. The molecule has 2 atom stereocenters. The number of ether oxygens (including phenoxy) is 1. The molecule has 1 amide bonds. The maximum atomic E-state index is 12.2. The van der Waals surface area contributed by atoms with Crippen LogP contribution >= 0.6 is 0 Å². The van der Waals surface area contributed by atoms with Crippen molar-refractivity contribution in [2.45, 2.75) is 45.6 Å². The number of likely N-dealkylation sites (tertiary alicyclic amines) is 1. The SMILES string of the molecule is CCCNCC1CCCN(C(C)C(=O)NCCCOC)C1. The highest BCUT2D eigenvalue weighted by molar-refractivity contribution is 5.81. The fraction of sp³-hybridized carbons (Fsp3) is 0.938. The molecular formula is C16H33N3O2. The highest BCUT2D eigenvalue weighted by Crippen LogP contribution is 2.18. The van der Waals surface area contributed by atoms with Gasteiger partial charge in [0.2, 0.25) is 5.91 Å². The Kier molecular flexibility index (Phi) is 9.63. The van der Waals surface area contributed by atoms with Crippen LogP contribution in [-0.2, 0) is 9.53 Å². The molecule has 0 aliphatic carbocycles. The zero-order chi connectivity index (χ0) is 15.5. The largest absolute Gasteiger partial charge is 0.385 e. The van der Waals surface area contributed by atoms with Crippen molar-refractivity contribution in [1.29, 1.82) is 0 Å². The van der Waals surface area contributed by atoms with Gasteiger partial charge in [-0.05, 0) is 58.2 Å². The zero-order valence-electron chi connectivity index (χ0n) is 14.0. The topological polar surface area (TPSA) is 53.6 Å². The van der Waals surface area contributed by atoms with E-state index in [0.29, 0.717) is 19.1 Å².